The molecule has 4 rings (SSSR count). The number of furan rings is 1. The maximum absolute atomic E-state index is 12.2. The number of hydrogen-bond donors (Lipinski definition) is 1. The molecule has 1 N–H and O–H groups in total. The van der Waals surface area contributed by atoms with Crippen molar-refractivity contribution in [3.63, 3.8) is 0 Å². The summed E-state index contributed by atoms with van der Waals surface area (Å²) in [6, 6.07) is 20.8. The molecule has 2 aromatic heterocycles. The van der Waals surface area contributed by atoms with E-state index in [9.17, 15) is 4.79 Å². The third-order valence-electron chi connectivity index (χ3n) is 4.25. The predicted molar refractivity (Wildman–Crippen MR) is 119 cm³/mol. The molecule has 0 saturated heterocycles. The summed E-state index contributed by atoms with van der Waals surface area (Å²) < 4.78 is 12.3. The number of amides is 1. The molecule has 8 nitrogen and oxygen atoms in total. The van der Waals surface area contributed by atoms with Gasteiger partial charge in [0.2, 0.25) is 0 Å². The highest BCUT2D eigenvalue weighted by Crippen LogP contribution is 2.28. The largest absolute Gasteiger partial charge is 0.497 e. The van der Waals surface area contributed by atoms with Crippen molar-refractivity contribution in [1.29, 1.82) is 0 Å². The lowest BCUT2D eigenvalue weighted by atomic mass is 10.2. The van der Waals surface area contributed by atoms with Crippen molar-refractivity contribution in [3.8, 4) is 22.8 Å². The highest BCUT2D eigenvalue weighted by atomic mass is 32.2. The Balaban J connectivity index is 1.54. The Bertz CT molecular complexity index is 1160. The van der Waals surface area contributed by atoms with Gasteiger partial charge in [0.15, 0.2) is 11.0 Å². The van der Waals surface area contributed by atoms with Crippen LogP contribution in [0.25, 0.3) is 17.1 Å². The molecule has 0 aliphatic rings. The van der Waals surface area contributed by atoms with Crippen molar-refractivity contribution in [1.82, 2.24) is 20.2 Å². The van der Waals surface area contributed by atoms with E-state index in [0.29, 0.717) is 16.7 Å². The molecule has 4 aromatic rings. The highest BCUT2D eigenvalue weighted by Gasteiger charge is 2.17. The normalized spacial score (nSPS) is 11.0. The van der Waals surface area contributed by atoms with E-state index in [0.717, 1.165) is 17.0 Å². The van der Waals surface area contributed by atoms with Crippen molar-refractivity contribution >= 4 is 23.9 Å². The quantitative estimate of drug-likeness (QED) is 0.258. The number of aromatic nitrogens is 3. The highest BCUT2D eigenvalue weighted by molar-refractivity contribution is 7.99. The average molecular weight is 433 g/mol. The van der Waals surface area contributed by atoms with Gasteiger partial charge in [-0.2, -0.15) is 5.10 Å². The van der Waals surface area contributed by atoms with Crippen LogP contribution in [0.2, 0.25) is 0 Å². The first-order valence-electron chi connectivity index (χ1n) is 9.38. The molecular weight excluding hydrogens is 414 g/mol. The van der Waals surface area contributed by atoms with Crippen LogP contribution in [0.4, 0.5) is 0 Å². The summed E-state index contributed by atoms with van der Waals surface area (Å²) in [6.07, 6.45) is 2.98. The van der Waals surface area contributed by atoms with Gasteiger partial charge in [0.25, 0.3) is 5.91 Å². The Labute approximate surface area is 182 Å². The minimum Gasteiger partial charge on any atom is -0.497 e. The number of carbonyl (C=O) groups excluding carboxylic acids is 1. The Hall–Kier alpha value is -3.85. The fraction of sp³-hybridized carbons (Fsp3) is 0.0909. The molecule has 0 aliphatic heterocycles. The predicted octanol–water partition coefficient (Wildman–Crippen LogP) is 3.78. The molecule has 0 atom stereocenters. The SMILES string of the molecule is COc1ccc(-n2c(SCC(=O)N/N=C/c3ccco3)nnc2-c2ccccc2)cc1. The lowest BCUT2D eigenvalue weighted by molar-refractivity contribution is -0.118. The Morgan fingerprint density at radius 2 is 1.94 bits per heavy atom. The van der Waals surface area contributed by atoms with Crippen LogP contribution < -0.4 is 10.2 Å². The second-order valence-electron chi connectivity index (χ2n) is 6.30. The fourth-order valence-electron chi connectivity index (χ4n) is 2.80. The second-order valence-corrected chi connectivity index (χ2v) is 7.25. The summed E-state index contributed by atoms with van der Waals surface area (Å²) in [7, 11) is 1.62. The van der Waals surface area contributed by atoms with Crippen LogP contribution in [0.5, 0.6) is 5.75 Å². The van der Waals surface area contributed by atoms with Gasteiger partial charge in [-0.15, -0.1) is 10.2 Å². The van der Waals surface area contributed by atoms with Crippen molar-refractivity contribution < 1.29 is 13.9 Å². The molecule has 0 aliphatic carbocycles. The second kappa shape index (κ2) is 9.77. The third kappa shape index (κ3) is 5.01. The van der Waals surface area contributed by atoms with Gasteiger partial charge < -0.3 is 9.15 Å². The van der Waals surface area contributed by atoms with E-state index < -0.39 is 0 Å². The van der Waals surface area contributed by atoms with Gasteiger partial charge in [0, 0.05) is 11.3 Å². The number of nitrogens with zero attached hydrogens (tertiary/aromatic N) is 4. The molecule has 0 fully saturated rings. The lowest BCUT2D eigenvalue weighted by Gasteiger charge is -2.11. The van der Waals surface area contributed by atoms with Crippen LogP contribution in [0, 0.1) is 0 Å². The molecule has 0 spiro atoms. The van der Waals surface area contributed by atoms with E-state index >= 15 is 0 Å². The number of carbonyl (C=O) groups is 1. The van der Waals surface area contributed by atoms with Gasteiger partial charge in [-0.3, -0.25) is 9.36 Å². The monoisotopic (exact) mass is 433 g/mol. The summed E-state index contributed by atoms with van der Waals surface area (Å²) in [5.74, 6) is 1.85. The van der Waals surface area contributed by atoms with Crippen LogP contribution >= 0.6 is 11.8 Å². The maximum atomic E-state index is 12.2. The van der Waals surface area contributed by atoms with E-state index in [1.807, 2.05) is 59.2 Å². The number of benzene rings is 2. The topological polar surface area (TPSA) is 94.5 Å². The first kappa shape index (κ1) is 20.4. The Morgan fingerprint density at radius 1 is 1.13 bits per heavy atom. The fourth-order valence-corrected chi connectivity index (χ4v) is 3.54. The smallest absolute Gasteiger partial charge is 0.250 e. The summed E-state index contributed by atoms with van der Waals surface area (Å²) in [4.78, 5) is 12.2. The van der Waals surface area contributed by atoms with Gasteiger partial charge in [-0.05, 0) is 36.4 Å². The minimum atomic E-state index is -0.265. The summed E-state index contributed by atoms with van der Waals surface area (Å²) in [5.41, 5.74) is 4.27. The number of rotatable bonds is 8. The van der Waals surface area contributed by atoms with E-state index in [-0.39, 0.29) is 11.7 Å². The van der Waals surface area contributed by atoms with Crippen molar-refractivity contribution in [2.45, 2.75) is 5.16 Å². The molecule has 1 amide bonds. The Morgan fingerprint density at radius 3 is 2.65 bits per heavy atom. The molecular formula is C22H19N5O3S. The first-order valence-corrected chi connectivity index (χ1v) is 10.4. The number of ether oxygens (including phenoxy) is 1. The van der Waals surface area contributed by atoms with Gasteiger partial charge in [-0.25, -0.2) is 5.43 Å². The molecule has 156 valence electrons. The third-order valence-corrected chi connectivity index (χ3v) is 5.18. The zero-order chi connectivity index (χ0) is 21.5. The van der Waals surface area contributed by atoms with E-state index in [4.69, 9.17) is 9.15 Å². The van der Waals surface area contributed by atoms with E-state index in [1.165, 1.54) is 24.2 Å². The lowest BCUT2D eigenvalue weighted by Crippen LogP contribution is -2.19. The molecule has 9 heteroatoms. The van der Waals surface area contributed by atoms with Gasteiger partial charge in [0.1, 0.15) is 11.5 Å². The van der Waals surface area contributed by atoms with Crippen molar-refractivity contribution in [2.24, 2.45) is 5.10 Å². The minimum absolute atomic E-state index is 0.124. The summed E-state index contributed by atoms with van der Waals surface area (Å²) in [6.45, 7) is 0. The number of methoxy groups -OCH3 is 1. The number of hydrogen-bond acceptors (Lipinski definition) is 7. The maximum Gasteiger partial charge on any atom is 0.250 e. The van der Waals surface area contributed by atoms with Gasteiger partial charge in [0.05, 0.1) is 25.3 Å². The van der Waals surface area contributed by atoms with Crippen LogP contribution in [-0.4, -0.2) is 39.7 Å². The zero-order valence-electron chi connectivity index (χ0n) is 16.6. The van der Waals surface area contributed by atoms with Crippen LogP contribution in [0.1, 0.15) is 5.76 Å². The zero-order valence-corrected chi connectivity index (χ0v) is 17.5. The first-order chi connectivity index (χ1) is 15.2. The molecule has 0 bridgehead atoms. The number of thioether (sulfide) groups is 1. The van der Waals surface area contributed by atoms with Crippen LogP contribution in [0.3, 0.4) is 0 Å². The van der Waals surface area contributed by atoms with Crippen LogP contribution in [-0.2, 0) is 4.79 Å². The summed E-state index contributed by atoms with van der Waals surface area (Å²) in [5, 5.41) is 13.2. The van der Waals surface area contributed by atoms with Crippen molar-refractivity contribution in [2.75, 3.05) is 12.9 Å². The molecule has 0 saturated carbocycles. The average Bonchev–Trinajstić information content (AvgIpc) is 3.48. The molecule has 31 heavy (non-hydrogen) atoms. The number of nitrogens with one attached hydrogen (secondary N) is 1. The van der Waals surface area contributed by atoms with Crippen LogP contribution in [0.15, 0.2) is 87.7 Å². The van der Waals surface area contributed by atoms with Gasteiger partial charge in [-0.1, -0.05) is 42.1 Å². The van der Waals surface area contributed by atoms with Crippen molar-refractivity contribution in [3.05, 3.63) is 78.8 Å². The van der Waals surface area contributed by atoms with Gasteiger partial charge >= 0.3 is 0 Å². The molecule has 2 aromatic carbocycles. The van der Waals surface area contributed by atoms with E-state index in [2.05, 4.69) is 20.7 Å². The summed E-state index contributed by atoms with van der Waals surface area (Å²) >= 11 is 1.27. The standard InChI is InChI=1S/C22H19N5O3S/c1-29-18-11-9-17(10-12-18)27-21(16-6-3-2-4-7-16)25-26-22(27)31-15-20(28)24-23-14-19-8-5-13-30-19/h2-14H,15H2,1H3,(H,24,28)/b23-14+. The molecule has 2 heterocycles. The molecule has 0 unspecified atom stereocenters. The Kier molecular flexibility index (Phi) is 6.44. The number of hydrazone groups is 1. The molecule has 0 radical (unpaired) electrons. The van der Waals surface area contributed by atoms with E-state index in [1.54, 1.807) is 19.2 Å².